The molecule has 2 N–H and O–H groups in total. The summed E-state index contributed by atoms with van der Waals surface area (Å²) in [6.45, 7) is 2.51. The van der Waals surface area contributed by atoms with Crippen molar-refractivity contribution in [1.29, 1.82) is 0 Å². The highest BCUT2D eigenvalue weighted by Crippen LogP contribution is 2.21. The van der Waals surface area contributed by atoms with Crippen molar-refractivity contribution in [2.24, 2.45) is 0 Å². The van der Waals surface area contributed by atoms with Gasteiger partial charge in [-0.05, 0) is 42.8 Å². The van der Waals surface area contributed by atoms with Crippen LogP contribution in [0.15, 0.2) is 60.8 Å². The first-order valence-corrected chi connectivity index (χ1v) is 8.84. The Bertz CT molecular complexity index is 942. The van der Waals surface area contributed by atoms with Crippen LogP contribution in [0, 0.1) is 6.92 Å². The second kappa shape index (κ2) is 8.56. The number of nitrogens with one attached hydrogen (secondary N) is 2. The van der Waals surface area contributed by atoms with Gasteiger partial charge in [0.25, 0.3) is 5.91 Å². The second-order valence-electron chi connectivity index (χ2n) is 6.02. The first-order chi connectivity index (χ1) is 13.1. The number of hydrogen-bond donors (Lipinski definition) is 2. The Hall–Kier alpha value is -3.05. The predicted molar refractivity (Wildman–Crippen MR) is 109 cm³/mol. The summed E-state index contributed by atoms with van der Waals surface area (Å²) in [4.78, 5) is 16.6. The number of aryl methyl sites for hydroxylation is 1. The molecule has 6 heteroatoms. The molecule has 0 atom stereocenters. The smallest absolute Gasteiger partial charge is 0.274 e. The molecule has 0 saturated carbocycles. The standard InChI is InChI=1S/C21H20ClN3O2/c1-14-7-8-16(11-18(14)22)25-21(26)19-10-9-17(13-24-19)23-12-15-5-3-4-6-20(15)27-2/h3-11,13,23H,12H2,1-2H3,(H,25,26). The minimum atomic E-state index is -0.286. The van der Waals surface area contributed by atoms with Gasteiger partial charge < -0.3 is 15.4 Å². The molecule has 0 saturated heterocycles. The molecule has 5 nitrogen and oxygen atoms in total. The van der Waals surface area contributed by atoms with Crippen LogP contribution in [0.4, 0.5) is 11.4 Å². The van der Waals surface area contributed by atoms with Gasteiger partial charge in [0, 0.05) is 22.8 Å². The van der Waals surface area contributed by atoms with Crippen molar-refractivity contribution in [2.75, 3.05) is 17.7 Å². The highest BCUT2D eigenvalue weighted by Gasteiger charge is 2.09. The Morgan fingerprint density at radius 3 is 2.59 bits per heavy atom. The van der Waals surface area contributed by atoms with Gasteiger partial charge in [0.1, 0.15) is 11.4 Å². The van der Waals surface area contributed by atoms with Gasteiger partial charge in [-0.25, -0.2) is 4.98 Å². The molecule has 0 aliphatic carbocycles. The van der Waals surface area contributed by atoms with Crippen molar-refractivity contribution >= 4 is 28.9 Å². The molecule has 27 heavy (non-hydrogen) atoms. The summed E-state index contributed by atoms with van der Waals surface area (Å²) in [7, 11) is 1.65. The number of amides is 1. The lowest BCUT2D eigenvalue weighted by molar-refractivity contribution is 0.102. The van der Waals surface area contributed by atoms with Gasteiger partial charge in [-0.15, -0.1) is 0 Å². The fraction of sp³-hybridized carbons (Fsp3) is 0.143. The molecule has 0 radical (unpaired) electrons. The van der Waals surface area contributed by atoms with Crippen LogP contribution >= 0.6 is 11.6 Å². The average Bonchev–Trinajstić information content (AvgIpc) is 2.69. The monoisotopic (exact) mass is 381 g/mol. The zero-order chi connectivity index (χ0) is 19.2. The van der Waals surface area contributed by atoms with E-state index < -0.39 is 0 Å². The van der Waals surface area contributed by atoms with E-state index >= 15 is 0 Å². The quantitative estimate of drug-likeness (QED) is 0.636. The van der Waals surface area contributed by atoms with Crippen LogP contribution in [0.2, 0.25) is 5.02 Å². The van der Waals surface area contributed by atoms with E-state index in [1.807, 2.05) is 49.4 Å². The lowest BCUT2D eigenvalue weighted by Gasteiger charge is -2.11. The lowest BCUT2D eigenvalue weighted by atomic mass is 10.2. The number of methoxy groups -OCH3 is 1. The van der Waals surface area contributed by atoms with Gasteiger partial charge in [-0.2, -0.15) is 0 Å². The minimum absolute atomic E-state index is 0.286. The summed E-state index contributed by atoms with van der Waals surface area (Å²) in [5.41, 5.74) is 3.78. The van der Waals surface area contributed by atoms with E-state index in [4.69, 9.17) is 16.3 Å². The highest BCUT2D eigenvalue weighted by atomic mass is 35.5. The van der Waals surface area contributed by atoms with E-state index in [0.29, 0.717) is 22.9 Å². The zero-order valence-corrected chi connectivity index (χ0v) is 15.9. The summed E-state index contributed by atoms with van der Waals surface area (Å²) in [5.74, 6) is 0.539. The topological polar surface area (TPSA) is 63.2 Å². The Morgan fingerprint density at radius 2 is 1.89 bits per heavy atom. The van der Waals surface area contributed by atoms with Crippen LogP contribution in [0.5, 0.6) is 5.75 Å². The fourth-order valence-electron chi connectivity index (χ4n) is 2.54. The van der Waals surface area contributed by atoms with Crippen LogP contribution in [0.1, 0.15) is 21.6 Å². The Labute approximate surface area is 163 Å². The zero-order valence-electron chi connectivity index (χ0n) is 15.1. The van der Waals surface area contributed by atoms with Gasteiger partial charge in [-0.3, -0.25) is 4.79 Å². The number of ether oxygens (including phenoxy) is 1. The van der Waals surface area contributed by atoms with Crippen LogP contribution in [0.3, 0.4) is 0 Å². The van der Waals surface area contributed by atoms with E-state index in [0.717, 1.165) is 22.6 Å². The van der Waals surface area contributed by atoms with Crippen molar-refractivity contribution in [3.05, 3.63) is 82.6 Å². The first-order valence-electron chi connectivity index (χ1n) is 8.46. The number of carbonyl (C=O) groups excluding carboxylic acids is 1. The van der Waals surface area contributed by atoms with Crippen LogP contribution in [-0.4, -0.2) is 18.0 Å². The summed E-state index contributed by atoms with van der Waals surface area (Å²) >= 11 is 6.09. The maximum atomic E-state index is 12.3. The van der Waals surface area contributed by atoms with Crippen LogP contribution in [0.25, 0.3) is 0 Å². The molecule has 0 spiro atoms. The van der Waals surface area contributed by atoms with E-state index in [1.165, 1.54) is 0 Å². The molecular formula is C21H20ClN3O2. The summed E-state index contributed by atoms with van der Waals surface area (Å²) in [5, 5.41) is 6.68. The number of para-hydroxylation sites is 1. The third kappa shape index (κ3) is 4.77. The number of aromatic nitrogens is 1. The number of halogens is 1. The maximum Gasteiger partial charge on any atom is 0.274 e. The molecule has 1 heterocycles. The molecule has 2 aromatic carbocycles. The largest absolute Gasteiger partial charge is 0.496 e. The van der Waals surface area contributed by atoms with Gasteiger partial charge in [-0.1, -0.05) is 35.9 Å². The molecule has 0 aliphatic heterocycles. The Kier molecular flexibility index (Phi) is 5.94. The molecule has 3 rings (SSSR count). The van der Waals surface area contributed by atoms with Crippen LogP contribution < -0.4 is 15.4 Å². The van der Waals surface area contributed by atoms with Gasteiger partial charge in [0.2, 0.25) is 0 Å². The SMILES string of the molecule is COc1ccccc1CNc1ccc(C(=O)Nc2ccc(C)c(Cl)c2)nc1. The Morgan fingerprint density at radius 1 is 1.11 bits per heavy atom. The first kappa shape index (κ1) is 18.7. The molecule has 0 bridgehead atoms. The molecule has 0 aliphatic rings. The molecule has 0 fully saturated rings. The van der Waals surface area contributed by atoms with E-state index in [1.54, 1.807) is 25.4 Å². The summed E-state index contributed by atoms with van der Waals surface area (Å²) in [6, 6.07) is 16.7. The number of nitrogens with zero attached hydrogens (tertiary/aromatic N) is 1. The number of benzene rings is 2. The van der Waals surface area contributed by atoms with Crippen molar-refractivity contribution in [2.45, 2.75) is 13.5 Å². The average molecular weight is 382 g/mol. The van der Waals surface area contributed by atoms with E-state index in [-0.39, 0.29) is 5.91 Å². The van der Waals surface area contributed by atoms with Gasteiger partial charge in [0.15, 0.2) is 0 Å². The second-order valence-corrected chi connectivity index (χ2v) is 6.42. The predicted octanol–water partition coefficient (Wildman–Crippen LogP) is 4.92. The molecule has 1 amide bonds. The molecule has 1 aromatic heterocycles. The number of anilines is 2. The summed E-state index contributed by atoms with van der Waals surface area (Å²) < 4.78 is 5.34. The van der Waals surface area contributed by atoms with Gasteiger partial charge in [0.05, 0.1) is 19.0 Å². The van der Waals surface area contributed by atoms with Crippen molar-refractivity contribution < 1.29 is 9.53 Å². The lowest BCUT2D eigenvalue weighted by Crippen LogP contribution is -2.13. The Balaban J connectivity index is 1.62. The molecular weight excluding hydrogens is 362 g/mol. The third-order valence-corrected chi connectivity index (χ3v) is 4.51. The van der Waals surface area contributed by atoms with E-state index in [2.05, 4.69) is 15.6 Å². The maximum absolute atomic E-state index is 12.3. The highest BCUT2D eigenvalue weighted by molar-refractivity contribution is 6.31. The number of rotatable bonds is 6. The van der Waals surface area contributed by atoms with E-state index in [9.17, 15) is 4.79 Å². The van der Waals surface area contributed by atoms with Crippen molar-refractivity contribution in [3.63, 3.8) is 0 Å². The number of carbonyl (C=O) groups is 1. The van der Waals surface area contributed by atoms with Crippen molar-refractivity contribution in [3.8, 4) is 5.75 Å². The molecule has 3 aromatic rings. The minimum Gasteiger partial charge on any atom is -0.496 e. The van der Waals surface area contributed by atoms with Gasteiger partial charge >= 0.3 is 0 Å². The van der Waals surface area contributed by atoms with Crippen molar-refractivity contribution in [1.82, 2.24) is 4.98 Å². The third-order valence-electron chi connectivity index (χ3n) is 4.10. The van der Waals surface area contributed by atoms with Crippen LogP contribution in [-0.2, 0) is 6.54 Å². The molecule has 138 valence electrons. The molecule has 0 unspecified atom stereocenters. The number of hydrogen-bond acceptors (Lipinski definition) is 4. The normalized spacial score (nSPS) is 10.3. The number of pyridine rings is 1. The summed E-state index contributed by atoms with van der Waals surface area (Å²) in [6.07, 6.45) is 1.63. The fourth-order valence-corrected chi connectivity index (χ4v) is 2.73.